The van der Waals surface area contributed by atoms with Crippen LogP contribution in [-0.4, -0.2) is 62.5 Å². The summed E-state index contributed by atoms with van der Waals surface area (Å²) in [5.74, 6) is -0.551. The topological polar surface area (TPSA) is 194 Å². The van der Waals surface area contributed by atoms with E-state index in [4.69, 9.17) is 15.0 Å². The summed E-state index contributed by atoms with van der Waals surface area (Å²) < 4.78 is 28.7. The average Bonchev–Trinajstić information content (AvgIpc) is 3.28. The summed E-state index contributed by atoms with van der Waals surface area (Å²) in [5, 5.41) is 26.4. The van der Waals surface area contributed by atoms with Gasteiger partial charge in [-0.3, -0.25) is 9.32 Å². The van der Waals surface area contributed by atoms with Gasteiger partial charge in [0, 0.05) is 6.42 Å². The van der Waals surface area contributed by atoms with Crippen LogP contribution in [0.2, 0.25) is 0 Å². The second-order valence-corrected chi connectivity index (χ2v) is 8.27. The van der Waals surface area contributed by atoms with Crippen molar-refractivity contribution in [2.24, 2.45) is 0 Å². The van der Waals surface area contributed by atoms with E-state index in [2.05, 4.69) is 19.9 Å². The molecule has 14 heteroatoms. The van der Waals surface area contributed by atoms with Crippen LogP contribution in [0, 0.1) is 11.3 Å². The number of nitrogens with one attached hydrogen (secondary N) is 1. The van der Waals surface area contributed by atoms with Crippen molar-refractivity contribution in [2.75, 3.05) is 19.5 Å². The van der Waals surface area contributed by atoms with Gasteiger partial charge in [-0.25, -0.2) is 19.2 Å². The maximum absolute atomic E-state index is 12.2. The molecule has 13 nitrogen and oxygen atoms in total. The summed E-state index contributed by atoms with van der Waals surface area (Å²) in [5.41, 5.74) is 5.00. The molecular formula is C16H21N6O7P. The van der Waals surface area contributed by atoms with E-state index >= 15 is 0 Å². The highest BCUT2D eigenvalue weighted by Crippen LogP contribution is 2.43. The number of hydrogen-bond donors (Lipinski definition) is 4. The first-order valence-electron chi connectivity index (χ1n) is 8.81. The molecule has 0 bridgehead atoms. The van der Waals surface area contributed by atoms with E-state index in [9.17, 15) is 24.6 Å². The van der Waals surface area contributed by atoms with Crippen LogP contribution in [0.1, 0.15) is 19.0 Å². The molecule has 2 aromatic rings. The minimum atomic E-state index is -4.42. The summed E-state index contributed by atoms with van der Waals surface area (Å²) in [4.78, 5) is 25.2. The van der Waals surface area contributed by atoms with Crippen LogP contribution in [0.3, 0.4) is 0 Å². The molecule has 3 heterocycles. The first-order valence-corrected chi connectivity index (χ1v) is 10.4. The third kappa shape index (κ3) is 4.15. The number of hydrogen-bond acceptors (Lipinski definition) is 10. The Bertz CT molecular complexity index is 1040. The van der Waals surface area contributed by atoms with Gasteiger partial charge in [0.25, 0.3) is 0 Å². The fourth-order valence-corrected chi connectivity index (χ4v) is 4.21. The maximum Gasteiger partial charge on any atom is 0.403 e. The van der Waals surface area contributed by atoms with Crippen molar-refractivity contribution in [1.82, 2.24) is 19.7 Å². The second-order valence-electron chi connectivity index (χ2n) is 6.72. The van der Waals surface area contributed by atoms with E-state index in [1.807, 2.05) is 6.07 Å². The molecule has 0 spiro atoms. The van der Waals surface area contributed by atoms with Crippen LogP contribution in [0.25, 0.3) is 5.52 Å². The maximum atomic E-state index is 12.2. The van der Waals surface area contributed by atoms with Crippen molar-refractivity contribution in [2.45, 2.75) is 37.2 Å². The molecule has 5 atom stereocenters. The van der Waals surface area contributed by atoms with E-state index in [1.165, 1.54) is 17.8 Å². The number of nitrogens with two attached hydrogens (primary N) is 1. The number of carbonyl (C=O) groups is 1. The average molecular weight is 440 g/mol. The van der Waals surface area contributed by atoms with E-state index in [1.54, 1.807) is 12.1 Å². The number of aliphatic hydroxyl groups is 1. The number of nitrogens with zero attached hydrogens (tertiary/aromatic N) is 4. The Balaban J connectivity index is 1.75. The number of esters is 1. The Morgan fingerprint density at radius 1 is 1.63 bits per heavy atom. The standard InChI is InChI=1S/C16H21N6O7P/c1-9(15(24)27-2)21-30(25,26)28-6-12-11(23)5-16(7-17,29-12)13-4-3-10-14(18)19-8-20-22(10)13/h3-4,8-9,11-12,23H,5-6H2,1-2H3,(H2,18,19,20)(H2,21,25,26)/t9?,11-,12+,16-/m0/s1. The fraction of sp³-hybridized carbons (Fsp3) is 0.500. The number of aromatic nitrogens is 3. The SMILES string of the molecule is COC(=O)C(C)NP(=O)(O)OC[C@H]1O[C@@](C#N)(c2ccc3c(N)ncnn23)C[C@@H]1O. The van der Waals surface area contributed by atoms with Crippen LogP contribution in [0.5, 0.6) is 0 Å². The van der Waals surface area contributed by atoms with Gasteiger partial charge in [0.1, 0.15) is 30.1 Å². The molecule has 2 aromatic heterocycles. The van der Waals surface area contributed by atoms with Crippen LogP contribution < -0.4 is 10.8 Å². The Kier molecular flexibility index (Phi) is 6.09. The Morgan fingerprint density at radius 2 is 2.37 bits per heavy atom. The van der Waals surface area contributed by atoms with Crippen LogP contribution >= 0.6 is 7.75 Å². The number of nitrogen functional groups attached to an aromatic ring is 1. The van der Waals surface area contributed by atoms with E-state index < -0.39 is 44.2 Å². The van der Waals surface area contributed by atoms with Crippen molar-refractivity contribution in [3.05, 3.63) is 24.2 Å². The van der Waals surface area contributed by atoms with Crippen molar-refractivity contribution >= 4 is 25.1 Å². The summed E-state index contributed by atoms with van der Waals surface area (Å²) in [7, 11) is -3.28. The van der Waals surface area contributed by atoms with E-state index in [0.29, 0.717) is 11.2 Å². The van der Waals surface area contributed by atoms with Gasteiger partial charge >= 0.3 is 13.7 Å². The first kappa shape index (κ1) is 22.1. The zero-order valence-electron chi connectivity index (χ0n) is 16.1. The van der Waals surface area contributed by atoms with Gasteiger partial charge in [0.05, 0.1) is 25.5 Å². The van der Waals surface area contributed by atoms with E-state index in [0.717, 1.165) is 7.11 Å². The largest absolute Gasteiger partial charge is 0.468 e. The highest BCUT2D eigenvalue weighted by atomic mass is 31.2. The number of ether oxygens (including phenoxy) is 2. The molecule has 0 aromatic carbocycles. The summed E-state index contributed by atoms with van der Waals surface area (Å²) >= 11 is 0. The molecule has 1 aliphatic heterocycles. The number of carbonyl (C=O) groups excluding carboxylic acids is 1. The highest BCUT2D eigenvalue weighted by molar-refractivity contribution is 7.50. The summed E-state index contributed by atoms with van der Waals surface area (Å²) in [6, 6.07) is 4.13. The highest BCUT2D eigenvalue weighted by Gasteiger charge is 2.50. The van der Waals surface area contributed by atoms with Gasteiger partial charge in [-0.05, 0) is 19.1 Å². The Hall–Kier alpha value is -2.59. The molecular weight excluding hydrogens is 419 g/mol. The minimum Gasteiger partial charge on any atom is -0.468 e. The third-order valence-electron chi connectivity index (χ3n) is 4.68. The lowest BCUT2D eigenvalue weighted by atomic mass is 9.96. The van der Waals surface area contributed by atoms with Crippen LogP contribution in [0.4, 0.5) is 5.82 Å². The lowest BCUT2D eigenvalue weighted by molar-refractivity contribution is -0.142. The number of nitriles is 1. The van der Waals surface area contributed by atoms with Gasteiger partial charge in [-0.1, -0.05) is 0 Å². The van der Waals surface area contributed by atoms with Crippen molar-refractivity contribution in [1.29, 1.82) is 5.26 Å². The van der Waals surface area contributed by atoms with Gasteiger partial charge < -0.3 is 25.2 Å². The number of methoxy groups -OCH3 is 1. The summed E-state index contributed by atoms with van der Waals surface area (Å²) in [6.45, 7) is 0.810. The fourth-order valence-electron chi connectivity index (χ4n) is 3.19. The molecule has 1 fully saturated rings. The predicted octanol–water partition coefficient (Wildman–Crippen LogP) is -0.552. The number of fused-ring (bicyclic) bond motifs is 1. The molecule has 30 heavy (non-hydrogen) atoms. The predicted molar refractivity (Wildman–Crippen MR) is 101 cm³/mol. The first-order chi connectivity index (χ1) is 14.1. The smallest absolute Gasteiger partial charge is 0.403 e. The lowest BCUT2D eigenvalue weighted by Crippen LogP contribution is -2.34. The molecule has 0 saturated carbocycles. The third-order valence-corrected chi connectivity index (χ3v) is 5.89. The van der Waals surface area contributed by atoms with Gasteiger partial charge in [-0.2, -0.15) is 10.4 Å². The van der Waals surface area contributed by atoms with Crippen LogP contribution in [-0.2, 0) is 29.0 Å². The van der Waals surface area contributed by atoms with Gasteiger partial charge in [-0.15, -0.1) is 0 Å². The van der Waals surface area contributed by atoms with Crippen LogP contribution in [0.15, 0.2) is 18.5 Å². The zero-order chi connectivity index (χ0) is 22.1. The second kappa shape index (κ2) is 8.27. The zero-order valence-corrected chi connectivity index (χ0v) is 17.0. The van der Waals surface area contributed by atoms with E-state index in [-0.39, 0.29) is 12.2 Å². The molecule has 0 radical (unpaired) electrons. The number of rotatable bonds is 7. The van der Waals surface area contributed by atoms with Crippen molar-refractivity contribution in [3.63, 3.8) is 0 Å². The van der Waals surface area contributed by atoms with Gasteiger partial charge in [0.15, 0.2) is 11.4 Å². The Labute approximate surface area is 170 Å². The summed E-state index contributed by atoms with van der Waals surface area (Å²) in [6.07, 6.45) is -1.17. The quantitative estimate of drug-likeness (QED) is 0.317. The minimum absolute atomic E-state index is 0.130. The molecule has 0 amide bonds. The molecule has 5 N–H and O–H groups in total. The number of anilines is 1. The molecule has 1 saturated heterocycles. The van der Waals surface area contributed by atoms with Crippen molar-refractivity contribution in [3.8, 4) is 6.07 Å². The number of aliphatic hydroxyl groups excluding tert-OH is 1. The molecule has 3 rings (SSSR count). The molecule has 2 unspecified atom stereocenters. The Morgan fingerprint density at radius 3 is 3.03 bits per heavy atom. The molecule has 162 valence electrons. The molecule has 1 aliphatic rings. The normalized spacial score (nSPS) is 26.8. The van der Waals surface area contributed by atoms with Gasteiger partial charge in [0.2, 0.25) is 0 Å². The monoisotopic (exact) mass is 440 g/mol. The van der Waals surface area contributed by atoms with Crippen molar-refractivity contribution < 1.29 is 33.4 Å². The molecule has 0 aliphatic carbocycles. The lowest BCUT2D eigenvalue weighted by Gasteiger charge is -2.22.